The number of carboxylic acids is 1. The molecule has 0 aliphatic rings. The minimum absolute atomic E-state index is 0.240. The number of amides is 2. The average Bonchev–Trinajstić information content (AvgIpc) is 3.00. The molecule has 1 heterocycles. The van der Waals surface area contributed by atoms with Gasteiger partial charge in [-0.15, -0.1) is 0 Å². The van der Waals surface area contributed by atoms with Crippen LogP contribution in [-0.2, 0) is 19.6 Å². The lowest BCUT2D eigenvalue weighted by atomic mass is 10.1. The van der Waals surface area contributed by atoms with E-state index in [2.05, 4.69) is 5.32 Å². The molecule has 0 fully saturated rings. The van der Waals surface area contributed by atoms with Crippen molar-refractivity contribution in [3.8, 4) is 0 Å². The van der Waals surface area contributed by atoms with Crippen LogP contribution in [0.1, 0.15) is 36.7 Å². The number of carbonyl (C=O) groups excluding carboxylic acids is 2. The number of nitrogens with two attached hydrogens (primary N) is 1. The van der Waals surface area contributed by atoms with Crippen LogP contribution in [0.3, 0.4) is 0 Å². The summed E-state index contributed by atoms with van der Waals surface area (Å²) in [6, 6.07) is 1.00. The quantitative estimate of drug-likeness (QED) is 0.432. The van der Waals surface area contributed by atoms with Gasteiger partial charge in [-0.3, -0.25) is 9.59 Å². The Labute approximate surface area is 138 Å². The van der Waals surface area contributed by atoms with Crippen molar-refractivity contribution >= 4 is 27.8 Å². The summed E-state index contributed by atoms with van der Waals surface area (Å²) in [5.74, 6) is -3.30. The SMILES string of the molecule is CCCCC(NC(=O)c1ccc(S(=O)(=O)NCC(N)=O)o1)C(=O)O. The van der Waals surface area contributed by atoms with E-state index in [4.69, 9.17) is 15.3 Å². The van der Waals surface area contributed by atoms with E-state index in [0.29, 0.717) is 6.42 Å². The lowest BCUT2D eigenvalue weighted by Gasteiger charge is -2.12. The monoisotopic (exact) mass is 361 g/mol. The van der Waals surface area contributed by atoms with Crippen molar-refractivity contribution in [3.63, 3.8) is 0 Å². The van der Waals surface area contributed by atoms with Crippen molar-refractivity contribution in [2.75, 3.05) is 6.54 Å². The van der Waals surface area contributed by atoms with E-state index in [1.807, 2.05) is 11.6 Å². The number of nitrogens with one attached hydrogen (secondary N) is 2. The Hall–Kier alpha value is -2.40. The molecule has 1 aromatic rings. The van der Waals surface area contributed by atoms with Crippen LogP contribution in [0, 0.1) is 0 Å². The normalized spacial score (nSPS) is 12.5. The predicted molar refractivity (Wildman–Crippen MR) is 81.5 cm³/mol. The molecule has 0 saturated carbocycles. The van der Waals surface area contributed by atoms with E-state index in [9.17, 15) is 22.8 Å². The summed E-state index contributed by atoms with van der Waals surface area (Å²) in [7, 11) is -4.14. The lowest BCUT2D eigenvalue weighted by molar-refractivity contribution is -0.139. The van der Waals surface area contributed by atoms with E-state index in [-0.39, 0.29) is 12.2 Å². The Morgan fingerprint density at radius 2 is 2.00 bits per heavy atom. The fraction of sp³-hybridized carbons (Fsp3) is 0.462. The Kier molecular flexibility index (Phi) is 6.92. The van der Waals surface area contributed by atoms with E-state index in [1.54, 1.807) is 0 Å². The molecule has 2 amide bonds. The Morgan fingerprint density at radius 1 is 1.33 bits per heavy atom. The van der Waals surface area contributed by atoms with Crippen LogP contribution in [0.5, 0.6) is 0 Å². The average molecular weight is 361 g/mol. The number of primary amides is 1. The summed E-state index contributed by atoms with van der Waals surface area (Å²) >= 11 is 0. The topological polar surface area (TPSA) is 169 Å². The van der Waals surface area contributed by atoms with Gasteiger partial charge in [0.25, 0.3) is 15.9 Å². The molecule has 10 nitrogen and oxygen atoms in total. The molecule has 0 saturated heterocycles. The van der Waals surface area contributed by atoms with Crippen LogP contribution in [0.15, 0.2) is 21.6 Å². The lowest BCUT2D eigenvalue weighted by Crippen LogP contribution is -2.40. The zero-order valence-corrected chi connectivity index (χ0v) is 13.8. The second-order valence-electron chi connectivity index (χ2n) is 4.92. The van der Waals surface area contributed by atoms with Crippen LogP contribution in [0.4, 0.5) is 0 Å². The number of hydrogen-bond acceptors (Lipinski definition) is 6. The summed E-state index contributed by atoms with van der Waals surface area (Å²) in [6.45, 7) is 1.26. The molecule has 1 unspecified atom stereocenters. The van der Waals surface area contributed by atoms with Gasteiger partial charge in [0.2, 0.25) is 11.0 Å². The third-order valence-corrected chi connectivity index (χ3v) is 4.23. The van der Waals surface area contributed by atoms with Gasteiger partial charge >= 0.3 is 5.97 Å². The molecule has 0 aromatic carbocycles. The molecule has 1 atom stereocenters. The van der Waals surface area contributed by atoms with Crippen molar-refractivity contribution in [2.45, 2.75) is 37.3 Å². The molecule has 134 valence electrons. The van der Waals surface area contributed by atoms with Crippen LogP contribution < -0.4 is 15.8 Å². The van der Waals surface area contributed by atoms with Crippen LogP contribution in [0.25, 0.3) is 0 Å². The highest BCUT2D eigenvalue weighted by Crippen LogP contribution is 2.14. The Morgan fingerprint density at radius 3 is 2.54 bits per heavy atom. The second kappa shape index (κ2) is 8.45. The third-order valence-electron chi connectivity index (χ3n) is 2.96. The van der Waals surface area contributed by atoms with Crippen molar-refractivity contribution in [3.05, 3.63) is 17.9 Å². The van der Waals surface area contributed by atoms with Crippen molar-refractivity contribution in [2.24, 2.45) is 5.73 Å². The largest absolute Gasteiger partial charge is 0.480 e. The number of sulfonamides is 1. The number of rotatable bonds is 10. The van der Waals surface area contributed by atoms with Crippen LogP contribution in [-0.4, -0.2) is 43.9 Å². The fourth-order valence-corrected chi connectivity index (χ4v) is 2.64. The Bertz CT molecular complexity index is 711. The first kappa shape index (κ1) is 19.6. The number of hydrogen-bond donors (Lipinski definition) is 4. The highest BCUT2D eigenvalue weighted by atomic mass is 32.2. The van der Waals surface area contributed by atoms with E-state index >= 15 is 0 Å². The molecule has 0 radical (unpaired) electrons. The fourth-order valence-electron chi connectivity index (χ4n) is 1.72. The summed E-state index contributed by atoms with van der Waals surface area (Å²) in [6.07, 6.45) is 1.60. The van der Waals surface area contributed by atoms with Gasteiger partial charge in [0.05, 0.1) is 6.54 Å². The molecular formula is C13H19N3O7S. The van der Waals surface area contributed by atoms with Crippen molar-refractivity contribution in [1.82, 2.24) is 10.0 Å². The second-order valence-corrected chi connectivity index (χ2v) is 6.61. The number of carbonyl (C=O) groups is 3. The zero-order valence-electron chi connectivity index (χ0n) is 12.9. The van der Waals surface area contributed by atoms with E-state index in [1.165, 1.54) is 0 Å². The summed E-state index contributed by atoms with van der Waals surface area (Å²) in [5.41, 5.74) is 4.84. The van der Waals surface area contributed by atoms with Gasteiger partial charge in [0.1, 0.15) is 6.04 Å². The zero-order chi connectivity index (χ0) is 18.3. The maximum Gasteiger partial charge on any atom is 0.326 e. The summed E-state index contributed by atoms with van der Waals surface area (Å²) in [4.78, 5) is 33.7. The smallest absolute Gasteiger partial charge is 0.326 e. The highest BCUT2D eigenvalue weighted by molar-refractivity contribution is 7.89. The molecule has 1 aromatic heterocycles. The van der Waals surface area contributed by atoms with Crippen molar-refractivity contribution < 1.29 is 32.3 Å². The molecule has 0 aliphatic heterocycles. The number of aliphatic carboxylic acids is 1. The summed E-state index contributed by atoms with van der Waals surface area (Å²) in [5, 5.41) is 10.7. The third kappa shape index (κ3) is 5.66. The molecule has 1 rings (SSSR count). The molecule has 24 heavy (non-hydrogen) atoms. The molecule has 11 heteroatoms. The standard InChI is InChI=1S/C13H19N3O7S/c1-2-3-4-8(13(19)20)16-12(18)9-5-6-11(23-9)24(21,22)15-7-10(14)17/h5-6,8,15H,2-4,7H2,1H3,(H2,14,17)(H,16,18)(H,19,20). The van der Waals surface area contributed by atoms with Gasteiger partial charge in [-0.05, 0) is 18.6 Å². The maximum atomic E-state index is 12.0. The number of unbranched alkanes of at least 4 members (excludes halogenated alkanes) is 1. The molecule has 0 spiro atoms. The molecule has 0 aliphatic carbocycles. The molecule has 0 bridgehead atoms. The summed E-state index contributed by atoms with van der Waals surface area (Å²) < 4.78 is 30.4. The first-order valence-electron chi connectivity index (χ1n) is 7.08. The van der Waals surface area contributed by atoms with Crippen molar-refractivity contribution in [1.29, 1.82) is 0 Å². The predicted octanol–water partition coefficient (Wildman–Crippen LogP) is -0.584. The van der Waals surface area contributed by atoms with Crippen LogP contribution in [0.2, 0.25) is 0 Å². The Balaban J connectivity index is 2.81. The van der Waals surface area contributed by atoms with E-state index in [0.717, 1.165) is 18.6 Å². The van der Waals surface area contributed by atoms with Gasteiger partial charge in [-0.25, -0.2) is 13.2 Å². The van der Waals surface area contributed by atoms with Crippen LogP contribution >= 0.6 is 0 Å². The highest BCUT2D eigenvalue weighted by Gasteiger charge is 2.24. The van der Waals surface area contributed by atoms with Gasteiger partial charge in [0, 0.05) is 0 Å². The number of furan rings is 1. The minimum atomic E-state index is -4.14. The first-order chi connectivity index (χ1) is 11.2. The molecule has 5 N–H and O–H groups in total. The molecular weight excluding hydrogens is 342 g/mol. The minimum Gasteiger partial charge on any atom is -0.480 e. The van der Waals surface area contributed by atoms with Gasteiger partial charge in [0.15, 0.2) is 5.76 Å². The van der Waals surface area contributed by atoms with Gasteiger partial charge < -0.3 is 20.6 Å². The van der Waals surface area contributed by atoms with Gasteiger partial charge in [-0.2, -0.15) is 4.72 Å². The van der Waals surface area contributed by atoms with E-state index < -0.39 is 45.5 Å². The maximum absolute atomic E-state index is 12.0. The van der Waals surface area contributed by atoms with Gasteiger partial charge in [-0.1, -0.05) is 19.8 Å². The first-order valence-corrected chi connectivity index (χ1v) is 8.57. The number of carboxylic acid groups (broad SMARTS) is 1.